The SMILES string of the molecule is CCOC(=O)N1CC(=Cc2cccc(O)c2)C(=O)C(=Cc2cccc(O)c2)C1. The topological polar surface area (TPSA) is 87.1 Å². The molecule has 0 aromatic heterocycles. The molecular weight excluding hydrogens is 358 g/mol. The predicted molar refractivity (Wildman–Crippen MR) is 106 cm³/mol. The first kappa shape index (κ1) is 19.2. The Bertz CT molecular complexity index is 893. The molecule has 1 aliphatic rings. The van der Waals surface area contributed by atoms with Crippen LogP contribution in [-0.4, -0.2) is 46.7 Å². The molecule has 28 heavy (non-hydrogen) atoms. The van der Waals surface area contributed by atoms with Crippen LogP contribution in [0.3, 0.4) is 0 Å². The summed E-state index contributed by atoms with van der Waals surface area (Å²) < 4.78 is 5.09. The van der Waals surface area contributed by atoms with Crippen molar-refractivity contribution in [2.45, 2.75) is 6.92 Å². The number of rotatable bonds is 3. The van der Waals surface area contributed by atoms with Crippen LogP contribution in [0.1, 0.15) is 18.1 Å². The number of aromatic hydroxyl groups is 2. The average Bonchev–Trinajstić information content (AvgIpc) is 2.65. The van der Waals surface area contributed by atoms with E-state index >= 15 is 0 Å². The number of carbonyl (C=O) groups excluding carboxylic acids is 2. The molecule has 0 unspecified atom stereocenters. The van der Waals surface area contributed by atoms with Crippen molar-refractivity contribution in [3.8, 4) is 11.5 Å². The fourth-order valence-electron chi connectivity index (χ4n) is 3.01. The van der Waals surface area contributed by atoms with E-state index in [0.29, 0.717) is 22.3 Å². The van der Waals surface area contributed by atoms with Crippen molar-refractivity contribution >= 4 is 24.0 Å². The zero-order valence-electron chi connectivity index (χ0n) is 15.5. The van der Waals surface area contributed by atoms with Crippen LogP contribution in [-0.2, 0) is 9.53 Å². The summed E-state index contributed by atoms with van der Waals surface area (Å²) in [5, 5.41) is 19.3. The van der Waals surface area contributed by atoms with Gasteiger partial charge in [0.1, 0.15) is 11.5 Å². The number of nitrogens with zero attached hydrogens (tertiary/aromatic N) is 1. The zero-order chi connectivity index (χ0) is 20.1. The average molecular weight is 379 g/mol. The quantitative estimate of drug-likeness (QED) is 0.796. The van der Waals surface area contributed by atoms with Crippen LogP contribution in [0.25, 0.3) is 12.2 Å². The fraction of sp³-hybridized carbons (Fsp3) is 0.182. The maximum Gasteiger partial charge on any atom is 0.410 e. The Kier molecular flexibility index (Phi) is 5.79. The van der Waals surface area contributed by atoms with E-state index in [1.165, 1.54) is 4.90 Å². The van der Waals surface area contributed by atoms with Crippen LogP contribution in [0.4, 0.5) is 4.79 Å². The summed E-state index contributed by atoms with van der Waals surface area (Å²) >= 11 is 0. The molecule has 2 aromatic carbocycles. The van der Waals surface area contributed by atoms with E-state index in [2.05, 4.69) is 0 Å². The third kappa shape index (κ3) is 4.59. The third-order valence-electron chi connectivity index (χ3n) is 4.25. The number of hydrogen-bond acceptors (Lipinski definition) is 5. The van der Waals surface area contributed by atoms with E-state index in [9.17, 15) is 19.8 Å². The van der Waals surface area contributed by atoms with Gasteiger partial charge in [-0.1, -0.05) is 24.3 Å². The Morgan fingerprint density at radius 2 is 1.50 bits per heavy atom. The highest BCUT2D eigenvalue weighted by atomic mass is 16.6. The molecule has 1 heterocycles. The molecular formula is C22H21NO5. The molecule has 6 heteroatoms. The van der Waals surface area contributed by atoms with Crippen molar-refractivity contribution in [2.24, 2.45) is 0 Å². The molecule has 0 radical (unpaired) electrons. The van der Waals surface area contributed by atoms with Gasteiger partial charge in [0.2, 0.25) is 0 Å². The molecule has 0 saturated carbocycles. The minimum atomic E-state index is -0.501. The minimum Gasteiger partial charge on any atom is -0.508 e. The number of hydrogen-bond donors (Lipinski definition) is 2. The van der Waals surface area contributed by atoms with Crippen LogP contribution in [0.5, 0.6) is 11.5 Å². The van der Waals surface area contributed by atoms with Gasteiger partial charge in [-0.25, -0.2) is 4.79 Å². The van der Waals surface area contributed by atoms with Gasteiger partial charge in [0.05, 0.1) is 19.7 Å². The van der Waals surface area contributed by atoms with Gasteiger partial charge < -0.3 is 14.9 Å². The number of amides is 1. The molecule has 0 aliphatic carbocycles. The summed E-state index contributed by atoms with van der Waals surface area (Å²) in [4.78, 5) is 26.7. The van der Waals surface area contributed by atoms with Crippen molar-refractivity contribution in [3.63, 3.8) is 0 Å². The Morgan fingerprint density at radius 3 is 1.93 bits per heavy atom. The van der Waals surface area contributed by atoms with Crippen molar-refractivity contribution in [2.75, 3.05) is 19.7 Å². The van der Waals surface area contributed by atoms with Gasteiger partial charge in [-0.2, -0.15) is 0 Å². The van der Waals surface area contributed by atoms with Crippen molar-refractivity contribution in [3.05, 3.63) is 70.8 Å². The normalized spacial score (nSPS) is 17.2. The Labute approximate surface area is 163 Å². The standard InChI is InChI=1S/C22H21NO5/c1-2-28-22(27)23-13-17(9-15-5-3-7-19(24)11-15)21(26)18(14-23)10-16-6-4-8-20(25)12-16/h3-12,24-25H,2,13-14H2,1H3. The molecule has 6 nitrogen and oxygen atoms in total. The lowest BCUT2D eigenvalue weighted by molar-refractivity contribution is -0.113. The summed E-state index contributed by atoms with van der Waals surface area (Å²) in [5.74, 6) is -0.00185. The summed E-state index contributed by atoms with van der Waals surface area (Å²) in [6.07, 6.45) is 2.81. The van der Waals surface area contributed by atoms with E-state index < -0.39 is 6.09 Å². The second-order valence-electron chi connectivity index (χ2n) is 6.41. The van der Waals surface area contributed by atoms with Gasteiger partial charge in [-0.15, -0.1) is 0 Å². The van der Waals surface area contributed by atoms with Crippen LogP contribution < -0.4 is 0 Å². The molecule has 0 atom stereocenters. The molecule has 1 aliphatic heterocycles. The molecule has 2 N–H and O–H groups in total. The highest BCUT2D eigenvalue weighted by Gasteiger charge is 2.29. The Morgan fingerprint density at radius 1 is 1.00 bits per heavy atom. The molecule has 2 aromatic rings. The zero-order valence-corrected chi connectivity index (χ0v) is 15.5. The predicted octanol–water partition coefficient (Wildman–Crippen LogP) is 3.61. The van der Waals surface area contributed by atoms with Crippen molar-refractivity contribution < 1.29 is 24.5 Å². The van der Waals surface area contributed by atoms with E-state index in [1.807, 2.05) is 0 Å². The van der Waals surface area contributed by atoms with Crippen molar-refractivity contribution in [1.82, 2.24) is 4.90 Å². The molecule has 144 valence electrons. The van der Waals surface area contributed by atoms with Crippen LogP contribution in [0.15, 0.2) is 59.7 Å². The number of ether oxygens (including phenoxy) is 1. The summed E-state index contributed by atoms with van der Waals surface area (Å²) in [5.41, 5.74) is 2.14. The number of piperidine rings is 1. The number of Topliss-reactive ketones (excluding diaryl/α,β-unsaturated/α-hetero) is 1. The first-order valence-electron chi connectivity index (χ1n) is 8.92. The Hall–Kier alpha value is -3.54. The number of phenols is 2. The molecule has 1 amide bonds. The molecule has 0 bridgehead atoms. The van der Waals surface area contributed by atoms with Gasteiger partial charge in [0.25, 0.3) is 0 Å². The van der Waals surface area contributed by atoms with Crippen molar-refractivity contribution in [1.29, 1.82) is 0 Å². The Balaban J connectivity index is 1.99. The van der Waals surface area contributed by atoms with E-state index in [0.717, 1.165) is 0 Å². The van der Waals surface area contributed by atoms with Gasteiger partial charge in [0.15, 0.2) is 5.78 Å². The summed E-state index contributed by atoms with van der Waals surface area (Å²) in [7, 11) is 0. The second-order valence-corrected chi connectivity index (χ2v) is 6.41. The molecule has 0 spiro atoms. The van der Waals surface area contributed by atoms with Gasteiger partial charge in [0, 0.05) is 11.1 Å². The summed E-state index contributed by atoms with van der Waals surface area (Å²) in [6.45, 7) is 2.19. The number of phenolic OH excluding ortho intramolecular Hbond substituents is 2. The minimum absolute atomic E-state index is 0.0929. The number of carbonyl (C=O) groups is 2. The van der Waals surface area contributed by atoms with Gasteiger partial charge in [-0.3, -0.25) is 9.69 Å². The lowest BCUT2D eigenvalue weighted by Crippen LogP contribution is -2.41. The third-order valence-corrected chi connectivity index (χ3v) is 4.25. The van der Waals surface area contributed by atoms with Gasteiger partial charge >= 0.3 is 6.09 Å². The van der Waals surface area contributed by atoms with Crippen LogP contribution in [0.2, 0.25) is 0 Å². The number of likely N-dealkylation sites (tertiary alicyclic amines) is 1. The second kappa shape index (κ2) is 8.43. The highest BCUT2D eigenvalue weighted by Crippen LogP contribution is 2.24. The highest BCUT2D eigenvalue weighted by molar-refractivity contribution is 6.15. The lowest BCUT2D eigenvalue weighted by Gasteiger charge is -2.29. The van der Waals surface area contributed by atoms with E-state index in [4.69, 9.17) is 4.74 Å². The largest absolute Gasteiger partial charge is 0.508 e. The maximum atomic E-state index is 13.0. The first-order chi connectivity index (χ1) is 13.5. The summed E-state index contributed by atoms with van der Waals surface area (Å²) in [6, 6.07) is 13.1. The molecule has 1 fully saturated rings. The van der Waals surface area contributed by atoms with Gasteiger partial charge in [-0.05, 0) is 54.5 Å². The van der Waals surface area contributed by atoms with Crippen LogP contribution >= 0.6 is 0 Å². The number of benzene rings is 2. The number of ketones is 1. The van der Waals surface area contributed by atoms with Crippen LogP contribution in [0, 0.1) is 0 Å². The molecule has 3 rings (SSSR count). The monoisotopic (exact) mass is 379 g/mol. The first-order valence-corrected chi connectivity index (χ1v) is 8.92. The van der Waals surface area contributed by atoms with E-state index in [-0.39, 0.29) is 37.0 Å². The lowest BCUT2D eigenvalue weighted by atomic mass is 9.94. The fourth-order valence-corrected chi connectivity index (χ4v) is 3.01. The smallest absolute Gasteiger partial charge is 0.410 e. The van der Waals surface area contributed by atoms with E-state index in [1.54, 1.807) is 67.6 Å². The maximum absolute atomic E-state index is 13.0. The molecule has 1 saturated heterocycles.